The number of rotatable bonds is 2. The minimum absolute atomic E-state index is 0. The Labute approximate surface area is 130 Å². The molecule has 0 radical (unpaired) electrons. The van der Waals surface area contributed by atoms with Crippen LogP contribution in [0.5, 0.6) is 0 Å². The molecule has 2 aromatic carbocycles. The number of hydrogen-bond donors (Lipinski definition) is 2. The lowest BCUT2D eigenvalue weighted by Crippen LogP contribution is -2.25. The monoisotopic (exact) mass is 296 g/mol. The standard InChI is InChI=1S/C17H16N2O2.CH4/c1-9(2)19-13-8-7-12(18)14-15(13)17(21)11-6-4-3-5-10(11)16(14)20;/h3-9,19H,18H2,1-2H3;1H4. The highest BCUT2D eigenvalue weighted by Crippen LogP contribution is 2.35. The van der Waals surface area contributed by atoms with E-state index < -0.39 is 0 Å². The summed E-state index contributed by atoms with van der Waals surface area (Å²) in [6, 6.07) is 10.4. The molecule has 0 aliphatic heterocycles. The Kier molecular flexibility index (Phi) is 4.04. The van der Waals surface area contributed by atoms with E-state index in [1.807, 2.05) is 13.8 Å². The molecule has 3 N–H and O–H groups in total. The Morgan fingerprint density at radius 1 is 0.909 bits per heavy atom. The van der Waals surface area contributed by atoms with Crippen molar-refractivity contribution in [2.75, 3.05) is 11.1 Å². The number of fused-ring (bicyclic) bond motifs is 2. The summed E-state index contributed by atoms with van der Waals surface area (Å²) in [4.78, 5) is 25.4. The maximum atomic E-state index is 12.8. The molecular formula is C18H20N2O2. The molecule has 0 saturated heterocycles. The van der Waals surface area contributed by atoms with Crippen molar-refractivity contribution < 1.29 is 9.59 Å². The van der Waals surface area contributed by atoms with Gasteiger partial charge in [0.25, 0.3) is 0 Å². The molecule has 22 heavy (non-hydrogen) atoms. The molecule has 4 nitrogen and oxygen atoms in total. The number of hydrogen-bond acceptors (Lipinski definition) is 4. The molecule has 1 aliphatic carbocycles. The van der Waals surface area contributed by atoms with Crippen LogP contribution in [0.4, 0.5) is 11.4 Å². The fourth-order valence-electron chi connectivity index (χ4n) is 2.68. The van der Waals surface area contributed by atoms with Gasteiger partial charge in [0.1, 0.15) is 0 Å². The summed E-state index contributed by atoms with van der Waals surface area (Å²) in [7, 11) is 0. The molecule has 0 atom stereocenters. The lowest BCUT2D eigenvalue weighted by Gasteiger charge is -2.23. The van der Waals surface area contributed by atoms with Crippen molar-refractivity contribution in [2.24, 2.45) is 0 Å². The normalized spacial score (nSPS) is 12.5. The number of nitrogen functional groups attached to an aromatic ring is 1. The van der Waals surface area contributed by atoms with Crippen molar-refractivity contribution >= 4 is 22.9 Å². The third-order valence-electron chi connectivity index (χ3n) is 3.55. The summed E-state index contributed by atoms with van der Waals surface area (Å²) < 4.78 is 0. The molecule has 0 fully saturated rings. The highest BCUT2D eigenvalue weighted by molar-refractivity contribution is 6.31. The van der Waals surface area contributed by atoms with Crippen molar-refractivity contribution in [1.82, 2.24) is 0 Å². The van der Waals surface area contributed by atoms with Gasteiger partial charge in [0.15, 0.2) is 11.6 Å². The van der Waals surface area contributed by atoms with Gasteiger partial charge in [0.2, 0.25) is 0 Å². The predicted octanol–water partition coefficient (Wildman–Crippen LogP) is 3.50. The van der Waals surface area contributed by atoms with Crippen LogP contribution in [-0.2, 0) is 0 Å². The Morgan fingerprint density at radius 3 is 2.00 bits per heavy atom. The van der Waals surface area contributed by atoms with Crippen LogP contribution in [0, 0.1) is 0 Å². The Bertz CT molecular complexity index is 764. The average Bonchev–Trinajstić information content (AvgIpc) is 2.46. The molecule has 0 spiro atoms. The zero-order valence-electron chi connectivity index (χ0n) is 11.9. The zero-order valence-corrected chi connectivity index (χ0v) is 11.9. The van der Waals surface area contributed by atoms with Crippen LogP contribution < -0.4 is 11.1 Å². The summed E-state index contributed by atoms with van der Waals surface area (Å²) in [6.45, 7) is 3.96. The molecule has 114 valence electrons. The maximum absolute atomic E-state index is 12.8. The van der Waals surface area contributed by atoms with Crippen molar-refractivity contribution in [3.05, 3.63) is 58.7 Å². The second-order valence-corrected chi connectivity index (χ2v) is 5.46. The van der Waals surface area contributed by atoms with Gasteiger partial charge < -0.3 is 11.1 Å². The predicted molar refractivity (Wildman–Crippen MR) is 89.7 cm³/mol. The van der Waals surface area contributed by atoms with E-state index in [1.54, 1.807) is 36.4 Å². The molecule has 3 rings (SSSR count). The summed E-state index contributed by atoms with van der Waals surface area (Å²) in [5.74, 6) is -0.347. The number of carbonyl (C=O) groups is 2. The third kappa shape index (κ3) is 2.26. The fraction of sp³-hybridized carbons (Fsp3) is 0.222. The molecule has 1 aliphatic rings. The Morgan fingerprint density at radius 2 is 1.45 bits per heavy atom. The van der Waals surface area contributed by atoms with Gasteiger partial charge in [0.05, 0.1) is 11.1 Å². The van der Waals surface area contributed by atoms with Crippen LogP contribution in [0.2, 0.25) is 0 Å². The van der Waals surface area contributed by atoms with Crippen LogP contribution in [0.15, 0.2) is 36.4 Å². The van der Waals surface area contributed by atoms with E-state index in [4.69, 9.17) is 5.73 Å². The lowest BCUT2D eigenvalue weighted by molar-refractivity contribution is 0.0980. The van der Waals surface area contributed by atoms with E-state index in [0.717, 1.165) is 0 Å². The topological polar surface area (TPSA) is 72.2 Å². The van der Waals surface area contributed by atoms with Crippen molar-refractivity contribution in [3.63, 3.8) is 0 Å². The Balaban J connectivity index is 0.00000176. The van der Waals surface area contributed by atoms with Crippen LogP contribution in [0.1, 0.15) is 53.1 Å². The number of nitrogens with two attached hydrogens (primary N) is 1. The highest BCUT2D eigenvalue weighted by atomic mass is 16.1. The quantitative estimate of drug-likeness (QED) is 0.710. The zero-order chi connectivity index (χ0) is 15.1. The Hall–Kier alpha value is -2.62. The van der Waals surface area contributed by atoms with Crippen LogP contribution in [0.3, 0.4) is 0 Å². The first-order valence-electron chi connectivity index (χ1n) is 6.88. The van der Waals surface area contributed by atoms with Crippen LogP contribution >= 0.6 is 0 Å². The second kappa shape index (κ2) is 5.64. The summed E-state index contributed by atoms with van der Waals surface area (Å²) in [5.41, 5.74) is 8.49. The fourth-order valence-corrected chi connectivity index (χ4v) is 2.68. The molecule has 0 unspecified atom stereocenters. The smallest absolute Gasteiger partial charge is 0.196 e. The van der Waals surface area contributed by atoms with E-state index in [1.165, 1.54) is 0 Å². The van der Waals surface area contributed by atoms with Crippen LogP contribution in [-0.4, -0.2) is 17.6 Å². The van der Waals surface area contributed by atoms with Gasteiger partial charge >= 0.3 is 0 Å². The SMILES string of the molecule is C.CC(C)Nc1ccc(N)c2c1C(=O)c1ccccc1C2=O. The van der Waals surface area contributed by atoms with Crippen molar-refractivity contribution in [3.8, 4) is 0 Å². The van der Waals surface area contributed by atoms with Gasteiger partial charge in [0, 0.05) is 28.5 Å². The number of carbonyl (C=O) groups excluding carboxylic acids is 2. The summed E-state index contributed by atoms with van der Waals surface area (Å²) in [6.07, 6.45) is 0. The van der Waals surface area contributed by atoms with E-state index in [9.17, 15) is 9.59 Å². The van der Waals surface area contributed by atoms with Gasteiger partial charge in [-0.1, -0.05) is 31.7 Å². The van der Waals surface area contributed by atoms with E-state index in [0.29, 0.717) is 33.6 Å². The van der Waals surface area contributed by atoms with Gasteiger partial charge in [-0.2, -0.15) is 0 Å². The first-order valence-corrected chi connectivity index (χ1v) is 6.88. The van der Waals surface area contributed by atoms with E-state index in [2.05, 4.69) is 5.32 Å². The van der Waals surface area contributed by atoms with Crippen molar-refractivity contribution in [1.29, 1.82) is 0 Å². The third-order valence-corrected chi connectivity index (χ3v) is 3.55. The van der Waals surface area contributed by atoms with E-state index >= 15 is 0 Å². The maximum Gasteiger partial charge on any atom is 0.196 e. The molecular weight excluding hydrogens is 276 g/mol. The highest BCUT2D eigenvalue weighted by Gasteiger charge is 2.33. The number of anilines is 2. The molecule has 2 aromatic rings. The number of benzene rings is 2. The first-order chi connectivity index (χ1) is 10.0. The van der Waals surface area contributed by atoms with Gasteiger partial charge in [-0.15, -0.1) is 0 Å². The molecule has 0 heterocycles. The number of nitrogens with one attached hydrogen (secondary N) is 1. The molecule has 0 saturated carbocycles. The molecule has 0 aromatic heterocycles. The molecule has 0 amide bonds. The molecule has 0 bridgehead atoms. The second-order valence-electron chi connectivity index (χ2n) is 5.46. The van der Waals surface area contributed by atoms with Crippen molar-refractivity contribution in [2.45, 2.75) is 27.3 Å². The average molecular weight is 296 g/mol. The first kappa shape index (κ1) is 15.8. The van der Waals surface area contributed by atoms with Gasteiger partial charge in [-0.3, -0.25) is 9.59 Å². The van der Waals surface area contributed by atoms with Crippen LogP contribution in [0.25, 0.3) is 0 Å². The minimum Gasteiger partial charge on any atom is -0.398 e. The number of ketones is 2. The van der Waals surface area contributed by atoms with Gasteiger partial charge in [-0.05, 0) is 26.0 Å². The largest absolute Gasteiger partial charge is 0.398 e. The van der Waals surface area contributed by atoms with E-state index in [-0.39, 0.29) is 25.0 Å². The summed E-state index contributed by atoms with van der Waals surface area (Å²) >= 11 is 0. The molecule has 4 heteroatoms. The lowest BCUT2D eigenvalue weighted by atomic mass is 9.82. The van der Waals surface area contributed by atoms with Gasteiger partial charge in [-0.25, -0.2) is 0 Å². The summed E-state index contributed by atoms with van der Waals surface area (Å²) in [5, 5.41) is 3.21. The minimum atomic E-state index is -0.190.